The maximum absolute atomic E-state index is 2.25. The van der Waals surface area contributed by atoms with E-state index < -0.39 is 0 Å². The molecule has 84 valence electrons. The van der Waals surface area contributed by atoms with Crippen molar-refractivity contribution in [1.82, 2.24) is 0 Å². The van der Waals surface area contributed by atoms with Crippen molar-refractivity contribution in [2.45, 2.75) is 13.8 Å². The van der Waals surface area contributed by atoms with E-state index in [9.17, 15) is 0 Å². The van der Waals surface area contributed by atoms with Gasteiger partial charge in [-0.1, -0.05) is 35.4 Å². The number of rotatable bonds is 2. The minimum absolute atomic E-state index is 0. The van der Waals surface area contributed by atoms with Gasteiger partial charge in [0, 0.05) is 0 Å². The molecule has 0 radical (unpaired) electrons. The van der Waals surface area contributed by atoms with Crippen LogP contribution in [0.25, 0.3) is 0 Å². The van der Waals surface area contributed by atoms with Crippen molar-refractivity contribution in [2.75, 3.05) is 0 Å². The van der Waals surface area contributed by atoms with Gasteiger partial charge in [-0.2, -0.15) is 0 Å². The summed E-state index contributed by atoms with van der Waals surface area (Å²) >= 11 is 0.00313. The normalized spacial score (nSPS) is 9.62. The van der Waals surface area contributed by atoms with Gasteiger partial charge in [-0.3, -0.25) is 0 Å². The van der Waals surface area contributed by atoms with Gasteiger partial charge < -0.3 is 0 Å². The first-order valence-corrected chi connectivity index (χ1v) is 7.18. The standard InChI is InChI=1S/C14H14I.AsH3/c1-11-3-7-13(8-4-11)15-14-9-5-12(2)6-10-14;/h3-10H,1-2H3;1H3/q+1;. The van der Waals surface area contributed by atoms with E-state index in [1.165, 1.54) is 18.3 Å². The summed E-state index contributed by atoms with van der Waals surface area (Å²) in [6, 6.07) is 17.8. The predicted molar refractivity (Wildman–Crippen MR) is 69.7 cm³/mol. The fourth-order valence-electron chi connectivity index (χ4n) is 1.32. The monoisotopic (exact) mass is 387 g/mol. The second-order valence-electron chi connectivity index (χ2n) is 3.69. The number of benzene rings is 2. The Morgan fingerprint density at radius 2 is 0.938 bits per heavy atom. The summed E-state index contributed by atoms with van der Waals surface area (Å²) in [5, 5.41) is 0. The zero-order valence-electron chi connectivity index (χ0n) is 9.70. The number of hydrogen-bond donors (Lipinski definition) is 0. The molecule has 1 unspecified atom stereocenters. The van der Waals surface area contributed by atoms with Crippen LogP contribution >= 0.6 is 0 Å². The molecule has 0 saturated heterocycles. The van der Waals surface area contributed by atoms with Crippen LogP contribution in [0.3, 0.4) is 0 Å². The van der Waals surface area contributed by atoms with Crippen molar-refractivity contribution in [2.24, 2.45) is 0 Å². The van der Waals surface area contributed by atoms with Crippen molar-refractivity contribution in [1.29, 1.82) is 0 Å². The molecular weight excluding hydrogens is 370 g/mol. The van der Waals surface area contributed by atoms with Crippen LogP contribution in [0.15, 0.2) is 48.5 Å². The fourth-order valence-corrected chi connectivity index (χ4v) is 3.48. The van der Waals surface area contributed by atoms with E-state index in [0.29, 0.717) is 0 Å². The molecule has 0 bridgehead atoms. The SMILES string of the molecule is Cc1ccc([I+]c2ccc(C)cc2)cc1.[AsH3]. The van der Waals surface area contributed by atoms with E-state index in [0.717, 1.165) is 0 Å². The van der Waals surface area contributed by atoms with Gasteiger partial charge >= 0.3 is 39.2 Å². The zero-order valence-corrected chi connectivity index (χ0v) is 14.8. The predicted octanol–water partition coefficient (Wildman–Crippen LogP) is -0.752. The Morgan fingerprint density at radius 3 is 1.25 bits per heavy atom. The molecule has 0 aliphatic rings. The van der Waals surface area contributed by atoms with Crippen LogP contribution in [0.2, 0.25) is 0 Å². The first kappa shape index (κ1) is 13.8. The van der Waals surface area contributed by atoms with Crippen molar-refractivity contribution in [3.8, 4) is 0 Å². The fraction of sp³-hybridized carbons (Fsp3) is 0.143. The molecule has 0 aliphatic heterocycles. The number of hydrogen-bond acceptors (Lipinski definition) is 0. The third-order valence-corrected chi connectivity index (χ3v) is 4.92. The van der Waals surface area contributed by atoms with Crippen LogP contribution < -0.4 is 21.2 Å². The topological polar surface area (TPSA) is 0 Å². The van der Waals surface area contributed by atoms with E-state index in [-0.39, 0.29) is 39.2 Å². The van der Waals surface area contributed by atoms with Gasteiger partial charge in [0.05, 0.1) is 0 Å². The van der Waals surface area contributed by atoms with Gasteiger partial charge in [0.1, 0.15) is 0 Å². The van der Waals surface area contributed by atoms with E-state index >= 15 is 0 Å². The summed E-state index contributed by atoms with van der Waals surface area (Å²) in [6.45, 7) is 4.27. The molecule has 0 aromatic heterocycles. The summed E-state index contributed by atoms with van der Waals surface area (Å²) in [6.07, 6.45) is 0. The van der Waals surface area contributed by atoms with Crippen LogP contribution in [0, 0.1) is 21.0 Å². The van der Waals surface area contributed by atoms with Gasteiger partial charge in [0.15, 0.2) is 7.14 Å². The third kappa shape index (κ3) is 3.95. The summed E-state index contributed by atoms with van der Waals surface area (Å²) in [5.74, 6) is 0. The zero-order chi connectivity index (χ0) is 10.7. The van der Waals surface area contributed by atoms with Crippen molar-refractivity contribution in [3.63, 3.8) is 0 Å². The molecule has 0 N–H and O–H groups in total. The second-order valence-corrected chi connectivity index (χ2v) is 6.72. The molecule has 2 heteroatoms. The molecule has 2 aromatic rings. The summed E-state index contributed by atoms with van der Waals surface area (Å²) in [5.41, 5.74) is 2.68. The summed E-state index contributed by atoms with van der Waals surface area (Å²) in [4.78, 5) is 0. The Labute approximate surface area is 119 Å². The van der Waals surface area contributed by atoms with Crippen LogP contribution in [-0.2, 0) is 0 Å². The summed E-state index contributed by atoms with van der Waals surface area (Å²) < 4.78 is 2.98. The number of halogens is 1. The van der Waals surface area contributed by atoms with Crippen LogP contribution in [0.1, 0.15) is 11.1 Å². The van der Waals surface area contributed by atoms with Crippen molar-refractivity contribution < 1.29 is 21.2 Å². The summed E-state index contributed by atoms with van der Waals surface area (Å²) in [7, 11) is 0. The molecule has 0 nitrogen and oxygen atoms in total. The Kier molecular flexibility index (Phi) is 5.57. The molecule has 0 fully saturated rings. The van der Waals surface area contributed by atoms with Gasteiger partial charge in [-0.15, -0.1) is 0 Å². The molecule has 0 amide bonds. The van der Waals surface area contributed by atoms with Crippen molar-refractivity contribution in [3.05, 3.63) is 66.8 Å². The minimum atomic E-state index is 0. The molecule has 2 rings (SSSR count). The molecule has 0 heterocycles. The third-order valence-electron chi connectivity index (χ3n) is 2.24. The van der Waals surface area contributed by atoms with Gasteiger partial charge in [0.2, 0.25) is 0 Å². The van der Waals surface area contributed by atoms with Crippen LogP contribution in [0.4, 0.5) is 0 Å². The average molecular weight is 387 g/mol. The molecule has 0 saturated carbocycles. The molecule has 0 aliphatic carbocycles. The second kappa shape index (κ2) is 6.46. The average Bonchev–Trinajstić information content (AvgIpc) is 2.25. The Morgan fingerprint density at radius 1 is 0.625 bits per heavy atom. The van der Waals surface area contributed by atoms with Gasteiger partial charge in [-0.05, 0) is 38.1 Å². The van der Waals surface area contributed by atoms with Crippen LogP contribution in [-0.4, -0.2) is 18.0 Å². The maximum atomic E-state index is 2.25. The Hall–Kier alpha value is -0.272. The Bertz CT molecular complexity index is 388. The first-order chi connectivity index (χ1) is 7.24. The first-order valence-electron chi connectivity index (χ1n) is 5.02. The number of aryl methyl sites for hydroxylation is 2. The molecule has 0 spiro atoms. The van der Waals surface area contributed by atoms with E-state index in [1.54, 1.807) is 0 Å². The van der Waals surface area contributed by atoms with Crippen molar-refractivity contribution >= 4 is 18.0 Å². The molecule has 1 atom stereocenters. The van der Waals surface area contributed by atoms with E-state index in [1.807, 2.05) is 0 Å². The molecule has 16 heavy (non-hydrogen) atoms. The van der Waals surface area contributed by atoms with Gasteiger partial charge in [-0.25, -0.2) is 0 Å². The molecule has 2 aromatic carbocycles. The quantitative estimate of drug-likeness (QED) is 0.470. The van der Waals surface area contributed by atoms with E-state index in [2.05, 4.69) is 62.4 Å². The van der Waals surface area contributed by atoms with Gasteiger partial charge in [0.25, 0.3) is 0 Å². The van der Waals surface area contributed by atoms with Crippen LogP contribution in [0.5, 0.6) is 0 Å². The molecular formula is C14H17AsI+. The Balaban J connectivity index is 0.00000128. The van der Waals surface area contributed by atoms with E-state index in [4.69, 9.17) is 0 Å².